The number of nitrogens with one attached hydrogen (secondary N) is 2. The van der Waals surface area contributed by atoms with Crippen molar-refractivity contribution in [3.63, 3.8) is 0 Å². The maximum atomic E-state index is 11.9. The van der Waals surface area contributed by atoms with Crippen molar-refractivity contribution < 1.29 is 19.8 Å². The van der Waals surface area contributed by atoms with Gasteiger partial charge in [0.25, 0.3) is 0 Å². The fourth-order valence-corrected chi connectivity index (χ4v) is 2.48. The highest BCUT2D eigenvalue weighted by Crippen LogP contribution is 2.27. The van der Waals surface area contributed by atoms with E-state index in [9.17, 15) is 14.7 Å². The van der Waals surface area contributed by atoms with Crippen molar-refractivity contribution >= 4 is 17.7 Å². The van der Waals surface area contributed by atoms with Crippen molar-refractivity contribution in [3.8, 4) is 5.75 Å². The molecule has 1 aliphatic carbocycles. The first-order valence-corrected chi connectivity index (χ1v) is 6.87. The van der Waals surface area contributed by atoms with E-state index in [0.29, 0.717) is 0 Å². The molecule has 0 saturated heterocycles. The lowest BCUT2D eigenvalue weighted by Crippen LogP contribution is -2.50. The van der Waals surface area contributed by atoms with Crippen LogP contribution in [0.25, 0.3) is 0 Å². The second kappa shape index (κ2) is 6.45. The van der Waals surface area contributed by atoms with Crippen LogP contribution in [0.2, 0.25) is 0 Å². The van der Waals surface area contributed by atoms with E-state index >= 15 is 0 Å². The molecular weight excluding hydrogens is 274 g/mol. The molecule has 7 heteroatoms. The maximum Gasteiger partial charge on any atom is 0.339 e. The predicted octanol–water partition coefficient (Wildman–Crippen LogP) is 1.48. The summed E-state index contributed by atoms with van der Waals surface area (Å²) in [5.41, 5.74) is 5.74. The van der Waals surface area contributed by atoms with Crippen LogP contribution in [0.1, 0.15) is 36.0 Å². The maximum absolute atomic E-state index is 11.9. The Morgan fingerprint density at radius 2 is 1.95 bits per heavy atom. The number of amides is 2. The highest BCUT2D eigenvalue weighted by molar-refractivity contribution is 5.97. The van der Waals surface area contributed by atoms with Crippen LogP contribution in [0.15, 0.2) is 18.2 Å². The van der Waals surface area contributed by atoms with Gasteiger partial charge in [0.1, 0.15) is 5.56 Å². The van der Waals surface area contributed by atoms with Gasteiger partial charge in [-0.15, -0.1) is 0 Å². The Labute approximate surface area is 122 Å². The number of rotatable bonds is 3. The molecule has 0 aliphatic heterocycles. The van der Waals surface area contributed by atoms with Gasteiger partial charge < -0.3 is 26.6 Å². The number of aromatic hydroxyl groups is 1. The molecule has 2 unspecified atom stereocenters. The number of para-hydroxylation sites is 1. The van der Waals surface area contributed by atoms with E-state index in [0.717, 1.165) is 25.7 Å². The number of hydrogen-bond donors (Lipinski definition) is 5. The molecule has 1 aromatic rings. The molecule has 6 N–H and O–H groups in total. The lowest BCUT2D eigenvalue weighted by atomic mass is 9.91. The van der Waals surface area contributed by atoms with E-state index in [4.69, 9.17) is 10.8 Å². The predicted molar refractivity (Wildman–Crippen MR) is 77.5 cm³/mol. The van der Waals surface area contributed by atoms with E-state index in [1.807, 2.05) is 0 Å². The summed E-state index contributed by atoms with van der Waals surface area (Å²) in [5.74, 6) is -1.72. The van der Waals surface area contributed by atoms with Gasteiger partial charge >= 0.3 is 12.0 Å². The minimum Gasteiger partial charge on any atom is -0.505 e. The molecule has 1 aromatic carbocycles. The lowest BCUT2D eigenvalue weighted by Gasteiger charge is -2.29. The van der Waals surface area contributed by atoms with Crippen LogP contribution in [0.5, 0.6) is 5.75 Å². The molecule has 1 fully saturated rings. The fraction of sp³-hybridized carbons (Fsp3) is 0.429. The van der Waals surface area contributed by atoms with Gasteiger partial charge in [0.2, 0.25) is 0 Å². The van der Waals surface area contributed by atoms with Crippen molar-refractivity contribution in [2.75, 3.05) is 5.32 Å². The molecule has 0 heterocycles. The molecule has 0 radical (unpaired) electrons. The zero-order chi connectivity index (χ0) is 15.4. The Morgan fingerprint density at radius 3 is 2.62 bits per heavy atom. The normalized spacial score (nSPS) is 21.6. The smallest absolute Gasteiger partial charge is 0.339 e. The molecule has 1 saturated carbocycles. The molecular formula is C14H19N3O4. The number of carbonyl (C=O) groups excluding carboxylic acids is 1. The third-order valence-electron chi connectivity index (χ3n) is 3.65. The SMILES string of the molecule is NC1CCCCC1NC(=O)Nc1cccc(C(=O)O)c1O. The van der Waals surface area contributed by atoms with Crippen LogP contribution >= 0.6 is 0 Å². The average molecular weight is 293 g/mol. The second-order valence-corrected chi connectivity index (χ2v) is 5.16. The van der Waals surface area contributed by atoms with Crippen LogP contribution < -0.4 is 16.4 Å². The lowest BCUT2D eigenvalue weighted by molar-refractivity contribution is 0.0693. The van der Waals surface area contributed by atoms with Gasteiger partial charge in [-0.1, -0.05) is 18.9 Å². The van der Waals surface area contributed by atoms with E-state index in [2.05, 4.69) is 10.6 Å². The first kappa shape index (κ1) is 15.1. The van der Waals surface area contributed by atoms with Crippen molar-refractivity contribution in [2.24, 2.45) is 5.73 Å². The second-order valence-electron chi connectivity index (χ2n) is 5.16. The van der Waals surface area contributed by atoms with Gasteiger partial charge in [0, 0.05) is 12.1 Å². The van der Waals surface area contributed by atoms with Gasteiger partial charge in [-0.3, -0.25) is 0 Å². The van der Waals surface area contributed by atoms with Crippen molar-refractivity contribution in [1.82, 2.24) is 5.32 Å². The van der Waals surface area contributed by atoms with Gasteiger partial charge in [-0.05, 0) is 25.0 Å². The number of carbonyl (C=O) groups is 2. The van der Waals surface area contributed by atoms with E-state index < -0.39 is 17.7 Å². The van der Waals surface area contributed by atoms with Crippen molar-refractivity contribution in [3.05, 3.63) is 23.8 Å². The number of benzene rings is 1. The Hall–Kier alpha value is -2.28. The van der Waals surface area contributed by atoms with E-state index in [-0.39, 0.29) is 23.3 Å². The summed E-state index contributed by atoms with van der Waals surface area (Å²) in [7, 11) is 0. The van der Waals surface area contributed by atoms with Gasteiger partial charge in [-0.2, -0.15) is 0 Å². The average Bonchev–Trinajstić information content (AvgIpc) is 2.43. The monoisotopic (exact) mass is 293 g/mol. The molecule has 7 nitrogen and oxygen atoms in total. The molecule has 2 atom stereocenters. The summed E-state index contributed by atoms with van der Waals surface area (Å²) >= 11 is 0. The number of carboxylic acid groups (broad SMARTS) is 1. The number of phenols is 1. The molecule has 2 amide bonds. The number of urea groups is 1. The first-order chi connectivity index (χ1) is 9.99. The largest absolute Gasteiger partial charge is 0.505 e. The molecule has 1 aliphatic rings. The Balaban J connectivity index is 2.02. The zero-order valence-electron chi connectivity index (χ0n) is 11.5. The third kappa shape index (κ3) is 3.63. The van der Waals surface area contributed by atoms with Crippen LogP contribution in [0.3, 0.4) is 0 Å². The van der Waals surface area contributed by atoms with Crippen LogP contribution in [0.4, 0.5) is 10.5 Å². The number of anilines is 1. The van der Waals surface area contributed by atoms with Gasteiger partial charge in [0.15, 0.2) is 5.75 Å². The third-order valence-corrected chi connectivity index (χ3v) is 3.65. The van der Waals surface area contributed by atoms with Crippen LogP contribution in [0, 0.1) is 0 Å². The fourth-order valence-electron chi connectivity index (χ4n) is 2.48. The van der Waals surface area contributed by atoms with Crippen LogP contribution in [-0.2, 0) is 0 Å². The first-order valence-electron chi connectivity index (χ1n) is 6.87. The number of nitrogens with two attached hydrogens (primary N) is 1. The Kier molecular flexibility index (Phi) is 4.64. The molecule has 114 valence electrons. The highest BCUT2D eigenvalue weighted by atomic mass is 16.4. The van der Waals surface area contributed by atoms with Crippen molar-refractivity contribution in [2.45, 2.75) is 37.8 Å². The Morgan fingerprint density at radius 1 is 1.24 bits per heavy atom. The highest BCUT2D eigenvalue weighted by Gasteiger charge is 2.23. The standard InChI is InChI=1S/C14H19N3O4/c15-9-5-1-2-6-10(9)16-14(21)17-11-7-3-4-8(12(11)18)13(19)20/h3-4,7,9-10,18H,1-2,5-6,15H2,(H,19,20)(H2,16,17,21). The molecule has 0 spiro atoms. The zero-order valence-corrected chi connectivity index (χ0v) is 11.5. The molecule has 0 bridgehead atoms. The molecule has 0 aromatic heterocycles. The van der Waals surface area contributed by atoms with Crippen molar-refractivity contribution in [1.29, 1.82) is 0 Å². The Bertz CT molecular complexity index is 547. The summed E-state index contributed by atoms with van der Waals surface area (Å²) in [6.45, 7) is 0. The number of aromatic carboxylic acids is 1. The van der Waals surface area contributed by atoms with E-state index in [1.54, 1.807) is 0 Å². The van der Waals surface area contributed by atoms with Gasteiger partial charge in [-0.25, -0.2) is 9.59 Å². The quantitative estimate of drug-likeness (QED) is 0.540. The van der Waals surface area contributed by atoms with Crippen LogP contribution in [-0.4, -0.2) is 34.3 Å². The summed E-state index contributed by atoms with van der Waals surface area (Å²) in [6, 6.07) is 3.45. The summed E-state index contributed by atoms with van der Waals surface area (Å²) in [4.78, 5) is 22.8. The number of carboxylic acids is 1. The summed E-state index contributed by atoms with van der Waals surface area (Å²) in [5, 5.41) is 23.9. The minimum atomic E-state index is -1.26. The topological polar surface area (TPSA) is 125 Å². The van der Waals surface area contributed by atoms with E-state index in [1.165, 1.54) is 18.2 Å². The number of hydrogen-bond acceptors (Lipinski definition) is 4. The van der Waals surface area contributed by atoms with Gasteiger partial charge in [0.05, 0.1) is 5.69 Å². The molecule has 2 rings (SSSR count). The summed E-state index contributed by atoms with van der Waals surface area (Å²) in [6.07, 6.45) is 3.75. The molecule has 21 heavy (non-hydrogen) atoms. The minimum absolute atomic E-state index is 0.0526. The summed E-state index contributed by atoms with van der Waals surface area (Å²) < 4.78 is 0.